The molecule has 7 heteroatoms. The lowest BCUT2D eigenvalue weighted by atomic mass is 10.1. The summed E-state index contributed by atoms with van der Waals surface area (Å²) >= 11 is 6.03. The lowest BCUT2D eigenvalue weighted by Gasteiger charge is -2.13. The van der Waals surface area contributed by atoms with Crippen LogP contribution >= 0.6 is 11.6 Å². The summed E-state index contributed by atoms with van der Waals surface area (Å²) in [5, 5.41) is 15.6. The van der Waals surface area contributed by atoms with E-state index >= 15 is 0 Å². The highest BCUT2D eigenvalue weighted by Crippen LogP contribution is 2.32. The second kappa shape index (κ2) is 7.70. The molecule has 6 nitrogen and oxygen atoms in total. The summed E-state index contributed by atoms with van der Waals surface area (Å²) in [6.07, 6.45) is 0. The van der Waals surface area contributed by atoms with Crippen LogP contribution in [0.2, 0.25) is 5.02 Å². The van der Waals surface area contributed by atoms with Gasteiger partial charge in [-0.05, 0) is 24.6 Å². The summed E-state index contributed by atoms with van der Waals surface area (Å²) in [6, 6.07) is 9.31. The zero-order valence-electron chi connectivity index (χ0n) is 13.2. The number of rotatable bonds is 5. The van der Waals surface area contributed by atoms with Crippen LogP contribution in [-0.2, 0) is 6.54 Å². The zero-order valence-corrected chi connectivity index (χ0v) is 14.0. The minimum absolute atomic E-state index is 0.0946. The molecule has 126 valence electrons. The van der Waals surface area contributed by atoms with E-state index in [-0.39, 0.29) is 35.1 Å². The number of ether oxygens (including phenoxy) is 1. The summed E-state index contributed by atoms with van der Waals surface area (Å²) < 4.78 is 5.11. The third-order valence-corrected chi connectivity index (χ3v) is 3.71. The molecule has 0 bridgehead atoms. The normalized spacial score (nSPS) is 10.1. The number of ketones is 1. The Balaban J connectivity index is 2.12. The molecule has 2 aromatic carbocycles. The molecule has 0 unspecified atom stereocenters. The third kappa shape index (κ3) is 4.17. The van der Waals surface area contributed by atoms with Gasteiger partial charge in [-0.15, -0.1) is 0 Å². The molecule has 2 aromatic rings. The maximum Gasteiger partial charge on any atom is 0.319 e. The highest BCUT2D eigenvalue weighted by molar-refractivity contribution is 6.31. The van der Waals surface area contributed by atoms with Gasteiger partial charge in [0.2, 0.25) is 0 Å². The molecule has 0 heterocycles. The Morgan fingerprint density at radius 2 is 1.96 bits per heavy atom. The van der Waals surface area contributed by atoms with Crippen molar-refractivity contribution in [1.82, 2.24) is 5.32 Å². The van der Waals surface area contributed by atoms with Crippen LogP contribution in [0.5, 0.6) is 11.5 Å². The Labute approximate surface area is 144 Å². The van der Waals surface area contributed by atoms with Gasteiger partial charge in [-0.25, -0.2) is 4.79 Å². The van der Waals surface area contributed by atoms with E-state index in [0.717, 1.165) is 5.56 Å². The third-order valence-electron chi connectivity index (χ3n) is 3.34. The fraction of sp³-hybridized carbons (Fsp3) is 0.176. The molecule has 24 heavy (non-hydrogen) atoms. The number of hydrogen-bond acceptors (Lipinski definition) is 4. The van der Waals surface area contributed by atoms with Crippen molar-refractivity contribution in [3.05, 3.63) is 52.5 Å². The Morgan fingerprint density at radius 3 is 2.58 bits per heavy atom. The van der Waals surface area contributed by atoms with E-state index in [1.54, 1.807) is 18.2 Å². The molecule has 0 fully saturated rings. The molecular weight excluding hydrogens is 332 g/mol. The zero-order chi connectivity index (χ0) is 17.7. The highest BCUT2D eigenvalue weighted by Gasteiger charge is 2.15. The van der Waals surface area contributed by atoms with Crippen LogP contribution in [0.1, 0.15) is 22.8 Å². The number of nitrogens with one attached hydrogen (secondary N) is 2. The quantitative estimate of drug-likeness (QED) is 0.569. The molecule has 2 rings (SSSR count). The fourth-order valence-electron chi connectivity index (χ4n) is 2.10. The van der Waals surface area contributed by atoms with E-state index in [1.807, 2.05) is 6.07 Å². The lowest BCUT2D eigenvalue weighted by Crippen LogP contribution is -2.28. The van der Waals surface area contributed by atoms with Gasteiger partial charge in [0.15, 0.2) is 5.78 Å². The smallest absolute Gasteiger partial charge is 0.319 e. The van der Waals surface area contributed by atoms with Gasteiger partial charge in [-0.3, -0.25) is 4.79 Å². The van der Waals surface area contributed by atoms with Crippen molar-refractivity contribution in [3.8, 4) is 11.5 Å². The van der Waals surface area contributed by atoms with Gasteiger partial charge in [0.1, 0.15) is 11.5 Å². The number of phenolic OH excluding ortho intramolecular Hbond substituents is 1. The van der Waals surface area contributed by atoms with Crippen molar-refractivity contribution in [3.63, 3.8) is 0 Å². The van der Waals surface area contributed by atoms with Crippen molar-refractivity contribution in [2.24, 2.45) is 0 Å². The number of benzene rings is 2. The van der Waals surface area contributed by atoms with Crippen LogP contribution in [0.4, 0.5) is 10.5 Å². The molecule has 0 atom stereocenters. The Morgan fingerprint density at radius 1 is 1.25 bits per heavy atom. The molecular formula is C17H17ClN2O4. The first-order valence-electron chi connectivity index (χ1n) is 7.12. The Bertz CT molecular complexity index is 777. The molecule has 0 radical (unpaired) electrons. The van der Waals surface area contributed by atoms with Crippen molar-refractivity contribution in [2.45, 2.75) is 13.5 Å². The summed E-state index contributed by atoms with van der Waals surface area (Å²) in [5.74, 6) is -0.290. The average molecular weight is 349 g/mol. The number of Topliss-reactive ketones (excluding diaryl/α,β-unsaturated/α-hetero) is 1. The van der Waals surface area contributed by atoms with E-state index in [1.165, 1.54) is 26.2 Å². The number of anilines is 1. The minimum atomic E-state index is -0.492. The van der Waals surface area contributed by atoms with Gasteiger partial charge in [0.05, 0.1) is 18.4 Å². The second-order valence-electron chi connectivity index (χ2n) is 5.02. The molecule has 0 saturated carbocycles. The molecule has 0 aliphatic heterocycles. The van der Waals surface area contributed by atoms with Crippen molar-refractivity contribution in [1.29, 1.82) is 0 Å². The fourth-order valence-corrected chi connectivity index (χ4v) is 2.30. The van der Waals surface area contributed by atoms with Gasteiger partial charge in [0, 0.05) is 17.6 Å². The SMILES string of the molecule is COc1cc(O)c(C(C)=O)cc1NC(=O)NCc1ccccc1Cl. The van der Waals surface area contributed by atoms with Crippen LogP contribution in [0.3, 0.4) is 0 Å². The van der Waals surface area contributed by atoms with Crippen LogP contribution < -0.4 is 15.4 Å². The van der Waals surface area contributed by atoms with Crippen LogP contribution in [0.25, 0.3) is 0 Å². The summed E-state index contributed by atoms with van der Waals surface area (Å²) in [7, 11) is 1.40. The second-order valence-corrected chi connectivity index (χ2v) is 5.43. The van der Waals surface area contributed by atoms with Gasteiger partial charge in [-0.2, -0.15) is 0 Å². The standard InChI is InChI=1S/C17H17ClN2O4/c1-10(21)12-7-14(16(24-2)8-15(12)22)20-17(23)19-9-11-5-3-4-6-13(11)18/h3-8,22H,9H2,1-2H3,(H2,19,20,23). The molecule has 2 amide bonds. The number of amides is 2. The maximum absolute atomic E-state index is 12.1. The molecule has 0 saturated heterocycles. The largest absolute Gasteiger partial charge is 0.507 e. The number of aromatic hydroxyl groups is 1. The first-order chi connectivity index (χ1) is 11.4. The average Bonchev–Trinajstić information content (AvgIpc) is 2.55. The van der Waals surface area contributed by atoms with E-state index in [2.05, 4.69) is 10.6 Å². The molecule has 0 aliphatic carbocycles. The van der Waals surface area contributed by atoms with E-state index < -0.39 is 6.03 Å². The van der Waals surface area contributed by atoms with E-state index in [4.69, 9.17) is 16.3 Å². The number of urea groups is 1. The van der Waals surface area contributed by atoms with Crippen LogP contribution in [0.15, 0.2) is 36.4 Å². The molecule has 3 N–H and O–H groups in total. The van der Waals surface area contributed by atoms with E-state index in [9.17, 15) is 14.7 Å². The van der Waals surface area contributed by atoms with Gasteiger partial charge in [-0.1, -0.05) is 29.8 Å². The van der Waals surface area contributed by atoms with Crippen LogP contribution in [0, 0.1) is 0 Å². The minimum Gasteiger partial charge on any atom is -0.507 e. The topological polar surface area (TPSA) is 87.7 Å². The summed E-state index contributed by atoms with van der Waals surface area (Å²) in [4.78, 5) is 23.6. The van der Waals surface area contributed by atoms with E-state index in [0.29, 0.717) is 5.02 Å². The molecule has 0 spiro atoms. The molecule has 0 aliphatic rings. The summed E-state index contributed by atoms with van der Waals surface area (Å²) in [6.45, 7) is 1.56. The maximum atomic E-state index is 12.1. The number of phenols is 1. The van der Waals surface area contributed by atoms with Crippen molar-refractivity contribution < 1.29 is 19.4 Å². The van der Waals surface area contributed by atoms with Crippen LogP contribution in [-0.4, -0.2) is 24.0 Å². The van der Waals surface area contributed by atoms with Crippen molar-refractivity contribution in [2.75, 3.05) is 12.4 Å². The van der Waals surface area contributed by atoms with Crippen molar-refractivity contribution >= 4 is 29.1 Å². The predicted molar refractivity (Wildman–Crippen MR) is 92.0 cm³/mol. The monoisotopic (exact) mass is 348 g/mol. The number of carbonyl (C=O) groups excluding carboxylic acids is 2. The lowest BCUT2D eigenvalue weighted by molar-refractivity contribution is 0.101. The first-order valence-corrected chi connectivity index (χ1v) is 7.50. The number of halogens is 1. The Kier molecular flexibility index (Phi) is 5.65. The number of carbonyl (C=O) groups is 2. The van der Waals surface area contributed by atoms with Gasteiger partial charge >= 0.3 is 6.03 Å². The Hall–Kier alpha value is -2.73. The first kappa shape index (κ1) is 17.6. The number of hydrogen-bond donors (Lipinski definition) is 3. The molecule has 0 aromatic heterocycles. The summed E-state index contributed by atoms with van der Waals surface area (Å²) in [5.41, 5.74) is 1.14. The highest BCUT2D eigenvalue weighted by atomic mass is 35.5. The van der Waals surface area contributed by atoms with Gasteiger partial charge < -0.3 is 20.5 Å². The predicted octanol–water partition coefficient (Wildman–Crippen LogP) is 3.58. The number of methoxy groups -OCH3 is 1. The van der Waals surface area contributed by atoms with Gasteiger partial charge in [0.25, 0.3) is 0 Å².